The standard InChI is InChI=1S/C17H25NO2/c1-18(2)16-12-10-15(11-13-16)17(20)9-7-5-3-4-6-8-14-19/h10-14H,3-9H2,1-2H3. The molecule has 0 saturated heterocycles. The number of anilines is 1. The second-order valence-electron chi connectivity index (χ2n) is 5.34. The van der Waals surface area contributed by atoms with E-state index in [9.17, 15) is 9.59 Å². The number of Topliss-reactive ketones (excluding diaryl/α,β-unsaturated/α-hetero) is 1. The van der Waals surface area contributed by atoms with Crippen molar-refractivity contribution in [2.45, 2.75) is 44.9 Å². The molecule has 0 aliphatic carbocycles. The fraction of sp³-hybridized carbons (Fsp3) is 0.529. The van der Waals surface area contributed by atoms with Gasteiger partial charge in [0, 0.05) is 38.2 Å². The SMILES string of the molecule is CN(C)c1ccc(C(=O)CCCCCCCC=O)cc1. The van der Waals surface area contributed by atoms with Crippen LogP contribution in [0.4, 0.5) is 5.69 Å². The van der Waals surface area contributed by atoms with Gasteiger partial charge in [-0.2, -0.15) is 0 Å². The van der Waals surface area contributed by atoms with Crippen LogP contribution in [0.5, 0.6) is 0 Å². The van der Waals surface area contributed by atoms with Gasteiger partial charge in [-0.3, -0.25) is 4.79 Å². The Labute approximate surface area is 122 Å². The summed E-state index contributed by atoms with van der Waals surface area (Å²) in [6, 6.07) is 7.77. The number of nitrogens with zero attached hydrogens (tertiary/aromatic N) is 1. The van der Waals surface area contributed by atoms with E-state index in [4.69, 9.17) is 0 Å². The van der Waals surface area contributed by atoms with Gasteiger partial charge < -0.3 is 9.69 Å². The molecule has 0 radical (unpaired) electrons. The molecule has 0 aliphatic rings. The maximum atomic E-state index is 12.0. The van der Waals surface area contributed by atoms with Crippen molar-refractivity contribution >= 4 is 17.8 Å². The summed E-state index contributed by atoms with van der Waals surface area (Å²) >= 11 is 0. The van der Waals surface area contributed by atoms with Crippen LogP contribution in [0.25, 0.3) is 0 Å². The van der Waals surface area contributed by atoms with Crippen LogP contribution in [-0.2, 0) is 4.79 Å². The van der Waals surface area contributed by atoms with Crippen LogP contribution < -0.4 is 4.90 Å². The number of carbonyl (C=O) groups excluding carboxylic acids is 2. The van der Waals surface area contributed by atoms with E-state index in [1.54, 1.807) is 0 Å². The molecule has 0 unspecified atom stereocenters. The molecule has 0 saturated carbocycles. The first-order valence-corrected chi connectivity index (χ1v) is 7.39. The van der Waals surface area contributed by atoms with Crippen LogP contribution in [-0.4, -0.2) is 26.2 Å². The average molecular weight is 275 g/mol. The molecule has 1 aromatic rings. The van der Waals surface area contributed by atoms with Gasteiger partial charge >= 0.3 is 0 Å². The molecule has 0 amide bonds. The van der Waals surface area contributed by atoms with E-state index in [1.807, 2.05) is 43.3 Å². The zero-order valence-corrected chi connectivity index (χ0v) is 12.6. The van der Waals surface area contributed by atoms with E-state index >= 15 is 0 Å². The average Bonchev–Trinajstić information content (AvgIpc) is 2.46. The van der Waals surface area contributed by atoms with Gasteiger partial charge in [-0.25, -0.2) is 0 Å². The zero-order chi connectivity index (χ0) is 14.8. The first-order valence-electron chi connectivity index (χ1n) is 7.39. The van der Waals surface area contributed by atoms with E-state index in [0.29, 0.717) is 12.8 Å². The maximum absolute atomic E-state index is 12.0. The first kappa shape index (κ1) is 16.4. The van der Waals surface area contributed by atoms with E-state index in [2.05, 4.69) is 0 Å². The molecule has 0 heterocycles. The lowest BCUT2D eigenvalue weighted by Crippen LogP contribution is -2.08. The summed E-state index contributed by atoms with van der Waals surface area (Å²) in [4.78, 5) is 24.2. The van der Waals surface area contributed by atoms with Crippen LogP contribution in [0.3, 0.4) is 0 Å². The highest BCUT2D eigenvalue weighted by Gasteiger charge is 2.05. The van der Waals surface area contributed by atoms with Crippen molar-refractivity contribution in [3.63, 3.8) is 0 Å². The summed E-state index contributed by atoms with van der Waals surface area (Å²) in [6.07, 6.45) is 7.44. The number of rotatable bonds is 10. The molecule has 0 fully saturated rings. The van der Waals surface area contributed by atoms with Crippen molar-refractivity contribution in [3.05, 3.63) is 29.8 Å². The summed E-state index contributed by atoms with van der Waals surface area (Å²) in [6.45, 7) is 0. The van der Waals surface area contributed by atoms with E-state index < -0.39 is 0 Å². The minimum Gasteiger partial charge on any atom is -0.378 e. The lowest BCUT2D eigenvalue weighted by atomic mass is 10.0. The van der Waals surface area contributed by atoms with Crippen molar-refractivity contribution in [1.29, 1.82) is 0 Å². The number of hydrogen-bond acceptors (Lipinski definition) is 3. The number of carbonyl (C=O) groups is 2. The van der Waals surface area contributed by atoms with Gasteiger partial charge in [-0.1, -0.05) is 19.3 Å². The minimum absolute atomic E-state index is 0.225. The summed E-state index contributed by atoms with van der Waals surface area (Å²) < 4.78 is 0. The van der Waals surface area contributed by atoms with Crippen LogP contribution in [0.15, 0.2) is 24.3 Å². The third-order valence-electron chi connectivity index (χ3n) is 3.43. The van der Waals surface area contributed by atoms with E-state index in [-0.39, 0.29) is 5.78 Å². The van der Waals surface area contributed by atoms with Gasteiger partial charge in [0.1, 0.15) is 6.29 Å². The van der Waals surface area contributed by atoms with Crippen LogP contribution in [0.1, 0.15) is 55.3 Å². The van der Waals surface area contributed by atoms with Gasteiger partial charge in [0.05, 0.1) is 0 Å². The largest absolute Gasteiger partial charge is 0.378 e. The van der Waals surface area contributed by atoms with Gasteiger partial charge in [-0.15, -0.1) is 0 Å². The Kier molecular flexibility index (Phi) is 7.63. The van der Waals surface area contributed by atoms with Crippen LogP contribution in [0.2, 0.25) is 0 Å². The van der Waals surface area contributed by atoms with Gasteiger partial charge in [0.15, 0.2) is 5.78 Å². The Balaban J connectivity index is 2.23. The van der Waals surface area contributed by atoms with Crippen molar-refractivity contribution in [3.8, 4) is 0 Å². The smallest absolute Gasteiger partial charge is 0.162 e. The number of unbranched alkanes of at least 4 members (excludes halogenated alkanes) is 5. The first-order chi connectivity index (χ1) is 9.65. The molecule has 1 aromatic carbocycles. The topological polar surface area (TPSA) is 37.4 Å². The van der Waals surface area contributed by atoms with Crippen molar-refractivity contribution < 1.29 is 9.59 Å². The highest BCUT2D eigenvalue weighted by molar-refractivity contribution is 5.96. The molecule has 0 spiro atoms. The Bertz CT molecular complexity index is 410. The number of benzene rings is 1. The van der Waals surface area contributed by atoms with Crippen molar-refractivity contribution in [2.75, 3.05) is 19.0 Å². The summed E-state index contributed by atoms with van der Waals surface area (Å²) in [5.74, 6) is 0.225. The Morgan fingerprint density at radius 1 is 1.00 bits per heavy atom. The Hall–Kier alpha value is -1.64. The van der Waals surface area contributed by atoms with E-state index in [0.717, 1.165) is 49.6 Å². The van der Waals surface area contributed by atoms with Crippen LogP contribution in [0, 0.1) is 0 Å². The Morgan fingerprint density at radius 2 is 1.60 bits per heavy atom. The third kappa shape index (κ3) is 6.00. The quantitative estimate of drug-likeness (QED) is 0.369. The fourth-order valence-electron chi connectivity index (χ4n) is 2.13. The minimum atomic E-state index is 0.225. The monoisotopic (exact) mass is 275 g/mol. The molecule has 3 heteroatoms. The predicted molar refractivity (Wildman–Crippen MR) is 83.5 cm³/mol. The lowest BCUT2D eigenvalue weighted by molar-refractivity contribution is -0.107. The molecular formula is C17H25NO2. The Morgan fingerprint density at radius 3 is 2.20 bits per heavy atom. The fourth-order valence-corrected chi connectivity index (χ4v) is 2.13. The highest BCUT2D eigenvalue weighted by atomic mass is 16.1. The normalized spacial score (nSPS) is 10.3. The number of aldehydes is 1. The molecule has 3 nitrogen and oxygen atoms in total. The number of hydrogen-bond donors (Lipinski definition) is 0. The molecule has 0 aromatic heterocycles. The van der Waals surface area contributed by atoms with Gasteiger partial charge in [0.2, 0.25) is 0 Å². The van der Waals surface area contributed by atoms with Gasteiger partial charge in [-0.05, 0) is 37.1 Å². The van der Waals surface area contributed by atoms with Crippen molar-refractivity contribution in [1.82, 2.24) is 0 Å². The molecule has 110 valence electrons. The third-order valence-corrected chi connectivity index (χ3v) is 3.43. The molecule has 1 rings (SSSR count). The summed E-state index contributed by atoms with van der Waals surface area (Å²) in [7, 11) is 3.98. The molecule has 0 N–H and O–H groups in total. The summed E-state index contributed by atoms with van der Waals surface area (Å²) in [5.41, 5.74) is 1.91. The maximum Gasteiger partial charge on any atom is 0.162 e. The molecular weight excluding hydrogens is 250 g/mol. The van der Waals surface area contributed by atoms with E-state index in [1.165, 1.54) is 0 Å². The second-order valence-corrected chi connectivity index (χ2v) is 5.34. The van der Waals surface area contributed by atoms with Gasteiger partial charge in [0.25, 0.3) is 0 Å². The predicted octanol–water partition coefficient (Wildman–Crippen LogP) is 3.86. The molecule has 0 bridgehead atoms. The highest BCUT2D eigenvalue weighted by Crippen LogP contribution is 2.15. The summed E-state index contributed by atoms with van der Waals surface area (Å²) in [5, 5.41) is 0. The van der Waals surface area contributed by atoms with Crippen LogP contribution >= 0.6 is 0 Å². The zero-order valence-electron chi connectivity index (χ0n) is 12.6. The second kappa shape index (κ2) is 9.29. The van der Waals surface area contributed by atoms with Crippen molar-refractivity contribution in [2.24, 2.45) is 0 Å². The molecule has 20 heavy (non-hydrogen) atoms. The molecule has 0 atom stereocenters. The lowest BCUT2D eigenvalue weighted by Gasteiger charge is -2.12. The molecule has 0 aliphatic heterocycles. The number of ketones is 1.